The minimum Gasteiger partial charge on any atom is -0.496 e. The minimum atomic E-state index is -0.707. The molecular formula is C20H28O3. The second-order valence-electron chi connectivity index (χ2n) is 6.39. The Morgan fingerprint density at radius 3 is 2.83 bits per heavy atom. The molecule has 1 fully saturated rings. The highest BCUT2D eigenvalue weighted by atomic mass is 16.5. The Balaban J connectivity index is 1.93. The number of carboxylic acid groups (broad SMARTS) is 1. The third-order valence-electron chi connectivity index (χ3n) is 4.81. The van der Waals surface area contributed by atoms with Gasteiger partial charge in [0.05, 0.1) is 7.11 Å². The molecule has 0 spiro atoms. The molecule has 0 amide bonds. The second-order valence-corrected chi connectivity index (χ2v) is 6.39. The average Bonchev–Trinajstić information content (AvgIpc) is 2.58. The highest BCUT2D eigenvalue weighted by Gasteiger charge is 2.27. The number of allylic oxidation sites excluding steroid dienone is 2. The Hall–Kier alpha value is -1.77. The van der Waals surface area contributed by atoms with E-state index in [0.717, 1.165) is 25.0 Å². The zero-order valence-electron chi connectivity index (χ0n) is 14.0. The van der Waals surface area contributed by atoms with Gasteiger partial charge < -0.3 is 9.84 Å². The summed E-state index contributed by atoms with van der Waals surface area (Å²) in [5.41, 5.74) is 1.35. The van der Waals surface area contributed by atoms with Gasteiger partial charge in [-0.3, -0.25) is 4.79 Å². The average molecular weight is 316 g/mol. The third-order valence-corrected chi connectivity index (χ3v) is 4.81. The summed E-state index contributed by atoms with van der Waals surface area (Å²) in [6, 6.07) is 8.40. The first-order valence-corrected chi connectivity index (χ1v) is 8.72. The van der Waals surface area contributed by atoms with Gasteiger partial charge in [0.2, 0.25) is 0 Å². The highest BCUT2D eigenvalue weighted by Crippen LogP contribution is 2.42. The molecule has 0 heterocycles. The molecule has 0 aromatic heterocycles. The molecule has 2 unspecified atom stereocenters. The standard InChI is InChI=1S/C20H28O3/c1-23-19-14-9-8-13-18(19)17-12-7-6-11-16(17)10-4-2-3-5-15-20(21)22/h2,4,8-9,13-14,16-17H,3,5-7,10-12,15H2,1H3,(H,21,22)/b4-2-. The Labute approximate surface area is 139 Å². The molecule has 0 aliphatic heterocycles. The lowest BCUT2D eigenvalue weighted by molar-refractivity contribution is -0.137. The molecule has 1 aliphatic carbocycles. The second kappa shape index (κ2) is 9.39. The first kappa shape index (κ1) is 17.6. The van der Waals surface area contributed by atoms with E-state index in [4.69, 9.17) is 9.84 Å². The summed E-state index contributed by atoms with van der Waals surface area (Å²) in [7, 11) is 1.75. The maximum absolute atomic E-state index is 10.5. The van der Waals surface area contributed by atoms with Gasteiger partial charge in [-0.15, -0.1) is 0 Å². The number of benzene rings is 1. The van der Waals surface area contributed by atoms with Gasteiger partial charge in [-0.2, -0.15) is 0 Å². The topological polar surface area (TPSA) is 46.5 Å². The fourth-order valence-electron chi connectivity index (χ4n) is 3.63. The number of aliphatic carboxylic acids is 1. The summed E-state index contributed by atoms with van der Waals surface area (Å²) in [6.07, 6.45) is 12.4. The van der Waals surface area contributed by atoms with E-state index in [-0.39, 0.29) is 6.42 Å². The maximum Gasteiger partial charge on any atom is 0.303 e. The lowest BCUT2D eigenvalue weighted by Gasteiger charge is -2.32. The molecule has 0 bridgehead atoms. The van der Waals surface area contributed by atoms with E-state index < -0.39 is 5.97 Å². The number of unbranched alkanes of at least 4 members (excludes halogenated alkanes) is 1. The molecule has 1 N–H and O–H groups in total. The van der Waals surface area contributed by atoms with Crippen LogP contribution in [0.2, 0.25) is 0 Å². The maximum atomic E-state index is 10.5. The largest absolute Gasteiger partial charge is 0.496 e. The number of hydrogen-bond donors (Lipinski definition) is 1. The molecule has 1 aromatic carbocycles. The van der Waals surface area contributed by atoms with Crippen LogP contribution in [-0.4, -0.2) is 18.2 Å². The zero-order chi connectivity index (χ0) is 16.5. The van der Waals surface area contributed by atoms with Gasteiger partial charge in [0.1, 0.15) is 5.75 Å². The van der Waals surface area contributed by atoms with Crippen LogP contribution < -0.4 is 4.74 Å². The van der Waals surface area contributed by atoms with Crippen LogP contribution in [0.4, 0.5) is 0 Å². The fraction of sp³-hybridized carbons (Fsp3) is 0.550. The molecule has 23 heavy (non-hydrogen) atoms. The van der Waals surface area contributed by atoms with Crippen molar-refractivity contribution >= 4 is 5.97 Å². The van der Waals surface area contributed by atoms with Gasteiger partial charge in [0.15, 0.2) is 0 Å². The molecule has 0 radical (unpaired) electrons. The van der Waals surface area contributed by atoms with E-state index in [0.29, 0.717) is 11.8 Å². The number of carboxylic acids is 1. The lowest BCUT2D eigenvalue weighted by Crippen LogP contribution is -2.18. The van der Waals surface area contributed by atoms with E-state index in [1.807, 2.05) is 6.07 Å². The molecule has 2 atom stereocenters. The number of methoxy groups -OCH3 is 1. The molecule has 2 rings (SSSR count). The third kappa shape index (κ3) is 5.42. The van der Waals surface area contributed by atoms with Gasteiger partial charge in [-0.25, -0.2) is 0 Å². The normalized spacial score (nSPS) is 21.4. The van der Waals surface area contributed by atoms with Crippen molar-refractivity contribution in [2.45, 2.75) is 57.3 Å². The van der Waals surface area contributed by atoms with Crippen LogP contribution >= 0.6 is 0 Å². The van der Waals surface area contributed by atoms with Crippen LogP contribution in [0.1, 0.15) is 62.8 Å². The SMILES string of the molecule is COc1ccccc1C1CCCCC1C/C=C\CCCC(=O)O. The zero-order valence-corrected chi connectivity index (χ0v) is 14.0. The van der Waals surface area contributed by atoms with Crippen LogP contribution in [0.5, 0.6) is 5.75 Å². The number of para-hydroxylation sites is 1. The molecular weight excluding hydrogens is 288 g/mol. The number of carbonyl (C=O) groups is 1. The van der Waals surface area contributed by atoms with Gasteiger partial charge in [-0.1, -0.05) is 43.2 Å². The highest BCUT2D eigenvalue weighted by molar-refractivity contribution is 5.66. The quantitative estimate of drug-likeness (QED) is 0.531. The predicted molar refractivity (Wildman–Crippen MR) is 92.9 cm³/mol. The van der Waals surface area contributed by atoms with Crippen LogP contribution in [0.15, 0.2) is 36.4 Å². The molecule has 3 nitrogen and oxygen atoms in total. The van der Waals surface area contributed by atoms with Crippen molar-refractivity contribution in [1.29, 1.82) is 0 Å². The van der Waals surface area contributed by atoms with Crippen LogP contribution in [0.3, 0.4) is 0 Å². The Kier molecular flexibility index (Phi) is 7.18. The number of hydrogen-bond acceptors (Lipinski definition) is 2. The van der Waals surface area contributed by atoms with Gasteiger partial charge in [0.25, 0.3) is 0 Å². The van der Waals surface area contributed by atoms with Crippen LogP contribution in [0.25, 0.3) is 0 Å². The van der Waals surface area contributed by atoms with Gasteiger partial charge in [0, 0.05) is 6.42 Å². The van der Waals surface area contributed by atoms with E-state index in [2.05, 4.69) is 30.4 Å². The van der Waals surface area contributed by atoms with Crippen molar-refractivity contribution in [3.8, 4) is 5.75 Å². The van der Waals surface area contributed by atoms with Crippen molar-refractivity contribution in [3.63, 3.8) is 0 Å². The Morgan fingerprint density at radius 2 is 2.04 bits per heavy atom. The lowest BCUT2D eigenvalue weighted by atomic mass is 9.73. The van der Waals surface area contributed by atoms with Crippen molar-refractivity contribution in [3.05, 3.63) is 42.0 Å². The van der Waals surface area contributed by atoms with Crippen molar-refractivity contribution in [2.24, 2.45) is 5.92 Å². The smallest absolute Gasteiger partial charge is 0.303 e. The van der Waals surface area contributed by atoms with Crippen LogP contribution in [0, 0.1) is 5.92 Å². The summed E-state index contributed by atoms with van der Waals surface area (Å²) in [4.78, 5) is 10.5. The first-order valence-electron chi connectivity index (χ1n) is 8.72. The molecule has 3 heteroatoms. The Bertz CT molecular complexity index is 521. The molecule has 1 aliphatic rings. The fourth-order valence-corrected chi connectivity index (χ4v) is 3.63. The summed E-state index contributed by atoms with van der Waals surface area (Å²) in [5, 5.41) is 8.65. The monoisotopic (exact) mass is 316 g/mol. The minimum absolute atomic E-state index is 0.262. The van der Waals surface area contributed by atoms with Crippen molar-refractivity contribution < 1.29 is 14.6 Å². The van der Waals surface area contributed by atoms with E-state index in [1.54, 1.807) is 7.11 Å². The molecule has 0 saturated heterocycles. The van der Waals surface area contributed by atoms with Crippen molar-refractivity contribution in [2.75, 3.05) is 7.11 Å². The van der Waals surface area contributed by atoms with E-state index >= 15 is 0 Å². The molecule has 1 saturated carbocycles. The first-order chi connectivity index (χ1) is 11.2. The van der Waals surface area contributed by atoms with Gasteiger partial charge >= 0.3 is 5.97 Å². The van der Waals surface area contributed by atoms with Crippen LogP contribution in [-0.2, 0) is 4.79 Å². The summed E-state index contributed by atoms with van der Waals surface area (Å²) in [6.45, 7) is 0. The Morgan fingerprint density at radius 1 is 1.26 bits per heavy atom. The number of rotatable bonds is 8. The summed E-state index contributed by atoms with van der Waals surface area (Å²) < 4.78 is 5.55. The van der Waals surface area contributed by atoms with Gasteiger partial charge in [-0.05, 0) is 55.6 Å². The van der Waals surface area contributed by atoms with E-state index in [9.17, 15) is 4.79 Å². The van der Waals surface area contributed by atoms with Crippen molar-refractivity contribution in [1.82, 2.24) is 0 Å². The summed E-state index contributed by atoms with van der Waals surface area (Å²) >= 11 is 0. The summed E-state index contributed by atoms with van der Waals surface area (Å²) in [5.74, 6) is 1.54. The predicted octanol–water partition coefficient (Wildman–Crippen LogP) is 5.17. The molecule has 1 aromatic rings. The molecule has 126 valence electrons. The number of ether oxygens (including phenoxy) is 1. The van der Waals surface area contributed by atoms with E-state index in [1.165, 1.54) is 31.2 Å².